The zero-order chi connectivity index (χ0) is 13.8. The lowest BCUT2D eigenvalue weighted by molar-refractivity contribution is -0.385. The van der Waals surface area contributed by atoms with Crippen molar-refractivity contribution >= 4 is 21.6 Å². The van der Waals surface area contributed by atoms with Crippen LogP contribution in [0.3, 0.4) is 0 Å². The lowest BCUT2D eigenvalue weighted by Crippen LogP contribution is -2.48. The molecule has 0 saturated carbocycles. The molecule has 0 amide bonds. The number of rotatable bonds is 6. The molecule has 6 nitrogen and oxygen atoms in total. The summed E-state index contributed by atoms with van der Waals surface area (Å²) in [5, 5.41) is 32.0. The van der Waals surface area contributed by atoms with Gasteiger partial charge in [-0.25, -0.2) is 0 Å². The van der Waals surface area contributed by atoms with Crippen molar-refractivity contribution in [1.82, 2.24) is 5.32 Å². The molecule has 0 saturated heterocycles. The van der Waals surface area contributed by atoms with Crippen LogP contribution in [0.25, 0.3) is 0 Å². The molecule has 0 fully saturated rings. The maximum atomic E-state index is 10.8. The Kier molecular flexibility index (Phi) is 5.21. The molecule has 7 heteroatoms. The molecule has 0 unspecified atom stereocenters. The lowest BCUT2D eigenvalue weighted by atomic mass is 10.0. The molecule has 18 heavy (non-hydrogen) atoms. The predicted molar refractivity (Wildman–Crippen MR) is 70.2 cm³/mol. The monoisotopic (exact) mass is 318 g/mol. The van der Waals surface area contributed by atoms with Crippen LogP contribution in [0.4, 0.5) is 5.69 Å². The van der Waals surface area contributed by atoms with Gasteiger partial charge >= 0.3 is 0 Å². The van der Waals surface area contributed by atoms with E-state index in [1.54, 1.807) is 19.1 Å². The van der Waals surface area contributed by atoms with Crippen LogP contribution in [0.2, 0.25) is 0 Å². The highest BCUT2D eigenvalue weighted by molar-refractivity contribution is 9.10. The number of halogens is 1. The van der Waals surface area contributed by atoms with Gasteiger partial charge in [-0.1, -0.05) is 12.1 Å². The van der Waals surface area contributed by atoms with Crippen molar-refractivity contribution in [1.29, 1.82) is 0 Å². The second-order valence-electron chi connectivity index (χ2n) is 4.24. The number of benzene rings is 1. The SMILES string of the molecule is CC(CO)(CO)NCc1cccc([N+](=O)[O-])c1Br. The minimum atomic E-state index is -0.815. The summed E-state index contributed by atoms with van der Waals surface area (Å²) < 4.78 is 0.403. The van der Waals surface area contributed by atoms with Crippen molar-refractivity contribution in [3.63, 3.8) is 0 Å². The van der Waals surface area contributed by atoms with Gasteiger partial charge in [-0.3, -0.25) is 10.1 Å². The van der Waals surface area contributed by atoms with Crippen LogP contribution in [-0.4, -0.2) is 33.9 Å². The molecule has 100 valence electrons. The van der Waals surface area contributed by atoms with Gasteiger partial charge in [-0.15, -0.1) is 0 Å². The number of hydrogen-bond acceptors (Lipinski definition) is 5. The van der Waals surface area contributed by atoms with E-state index in [1.165, 1.54) is 6.07 Å². The topological polar surface area (TPSA) is 95.6 Å². The minimum Gasteiger partial charge on any atom is -0.394 e. The third kappa shape index (κ3) is 3.49. The summed E-state index contributed by atoms with van der Waals surface area (Å²) in [4.78, 5) is 10.3. The van der Waals surface area contributed by atoms with E-state index in [1.807, 2.05) is 0 Å². The van der Waals surface area contributed by atoms with E-state index in [2.05, 4.69) is 21.2 Å². The molecule has 0 aliphatic rings. The number of nitro groups is 1. The van der Waals surface area contributed by atoms with Gasteiger partial charge in [0, 0.05) is 12.6 Å². The Hall–Kier alpha value is -1.02. The highest BCUT2D eigenvalue weighted by atomic mass is 79.9. The minimum absolute atomic E-state index is 0.0102. The van der Waals surface area contributed by atoms with Gasteiger partial charge in [-0.05, 0) is 28.4 Å². The van der Waals surface area contributed by atoms with Crippen molar-refractivity contribution in [3.8, 4) is 0 Å². The van der Waals surface area contributed by atoms with E-state index in [0.29, 0.717) is 16.6 Å². The summed E-state index contributed by atoms with van der Waals surface area (Å²) in [7, 11) is 0. The number of nitro benzene ring substituents is 1. The van der Waals surface area contributed by atoms with Crippen molar-refractivity contribution in [2.75, 3.05) is 13.2 Å². The van der Waals surface area contributed by atoms with Crippen LogP contribution >= 0.6 is 15.9 Å². The zero-order valence-electron chi connectivity index (χ0n) is 9.89. The largest absolute Gasteiger partial charge is 0.394 e. The highest BCUT2D eigenvalue weighted by Gasteiger charge is 2.22. The van der Waals surface area contributed by atoms with Gasteiger partial charge in [0.15, 0.2) is 0 Å². The average molecular weight is 319 g/mol. The molecule has 1 rings (SSSR count). The van der Waals surface area contributed by atoms with Crippen LogP contribution in [0, 0.1) is 10.1 Å². The molecule has 0 aliphatic carbocycles. The Labute approximate surface area is 113 Å². The first kappa shape index (κ1) is 15.0. The van der Waals surface area contributed by atoms with E-state index in [4.69, 9.17) is 10.2 Å². The molecule has 0 spiro atoms. The molecule has 0 heterocycles. The van der Waals surface area contributed by atoms with E-state index in [9.17, 15) is 10.1 Å². The number of aliphatic hydroxyl groups is 2. The van der Waals surface area contributed by atoms with E-state index >= 15 is 0 Å². The number of hydrogen-bond donors (Lipinski definition) is 3. The first-order chi connectivity index (χ1) is 8.43. The van der Waals surface area contributed by atoms with Crippen LogP contribution in [0.15, 0.2) is 22.7 Å². The van der Waals surface area contributed by atoms with E-state index < -0.39 is 10.5 Å². The normalized spacial score (nSPS) is 11.6. The van der Waals surface area contributed by atoms with Crippen molar-refractivity contribution in [3.05, 3.63) is 38.3 Å². The van der Waals surface area contributed by atoms with E-state index in [-0.39, 0.29) is 18.9 Å². The second kappa shape index (κ2) is 6.24. The molecular weight excluding hydrogens is 304 g/mol. The van der Waals surface area contributed by atoms with Gasteiger partial charge in [-0.2, -0.15) is 0 Å². The standard InChI is InChI=1S/C11H15BrN2O4/c1-11(6-15,7-16)13-5-8-3-2-4-9(10(8)12)14(17)18/h2-4,13,15-16H,5-7H2,1H3. The predicted octanol–water partition coefficient (Wildman–Crippen LogP) is 1.19. The maximum absolute atomic E-state index is 10.8. The fourth-order valence-corrected chi connectivity index (χ4v) is 1.86. The fourth-order valence-electron chi connectivity index (χ4n) is 1.31. The summed E-state index contributed by atoms with van der Waals surface area (Å²) in [6, 6.07) is 4.74. The van der Waals surface area contributed by atoms with Crippen molar-refractivity contribution < 1.29 is 15.1 Å². The molecule has 1 aromatic carbocycles. The number of aliphatic hydroxyl groups excluding tert-OH is 2. The van der Waals surface area contributed by atoms with Gasteiger partial charge in [0.05, 0.1) is 28.1 Å². The van der Waals surface area contributed by atoms with Gasteiger partial charge in [0.2, 0.25) is 0 Å². The molecule has 3 N–H and O–H groups in total. The van der Waals surface area contributed by atoms with E-state index in [0.717, 1.165) is 0 Å². The summed E-state index contributed by atoms with van der Waals surface area (Å²) in [5.41, 5.74) is -0.134. The Bertz CT molecular complexity index is 435. The fraction of sp³-hybridized carbons (Fsp3) is 0.455. The first-order valence-corrected chi connectivity index (χ1v) is 6.11. The van der Waals surface area contributed by atoms with Crippen LogP contribution in [0.1, 0.15) is 12.5 Å². The molecular formula is C11H15BrN2O4. The molecule has 0 bridgehead atoms. The Morgan fingerprint density at radius 3 is 2.56 bits per heavy atom. The Morgan fingerprint density at radius 1 is 1.44 bits per heavy atom. The highest BCUT2D eigenvalue weighted by Crippen LogP contribution is 2.28. The molecule has 1 aromatic rings. The average Bonchev–Trinajstić information content (AvgIpc) is 2.37. The molecule has 0 aromatic heterocycles. The van der Waals surface area contributed by atoms with Crippen molar-refractivity contribution in [2.24, 2.45) is 0 Å². The maximum Gasteiger partial charge on any atom is 0.283 e. The van der Waals surface area contributed by atoms with Crippen LogP contribution < -0.4 is 5.32 Å². The van der Waals surface area contributed by atoms with Crippen LogP contribution in [-0.2, 0) is 6.54 Å². The van der Waals surface area contributed by atoms with Gasteiger partial charge < -0.3 is 15.5 Å². The number of nitrogens with zero attached hydrogens (tertiary/aromatic N) is 1. The number of nitrogens with one attached hydrogen (secondary N) is 1. The van der Waals surface area contributed by atoms with Crippen LogP contribution in [0.5, 0.6) is 0 Å². The van der Waals surface area contributed by atoms with Crippen molar-refractivity contribution in [2.45, 2.75) is 19.0 Å². The van der Waals surface area contributed by atoms with Gasteiger partial charge in [0.1, 0.15) is 0 Å². The first-order valence-electron chi connectivity index (χ1n) is 5.32. The summed E-state index contributed by atoms with van der Waals surface area (Å²) in [6.45, 7) is 1.52. The Morgan fingerprint density at radius 2 is 2.06 bits per heavy atom. The second-order valence-corrected chi connectivity index (χ2v) is 5.03. The van der Waals surface area contributed by atoms with Gasteiger partial charge in [0.25, 0.3) is 5.69 Å². The zero-order valence-corrected chi connectivity index (χ0v) is 11.5. The molecule has 0 aliphatic heterocycles. The third-order valence-corrected chi connectivity index (χ3v) is 3.57. The Balaban J connectivity index is 2.86. The molecule has 0 radical (unpaired) electrons. The quantitative estimate of drug-likeness (QED) is 0.541. The summed E-state index contributed by atoms with van der Waals surface area (Å²) in [5.74, 6) is 0. The molecule has 0 atom stereocenters. The summed E-state index contributed by atoms with van der Waals surface area (Å²) >= 11 is 3.19. The third-order valence-electron chi connectivity index (χ3n) is 2.66. The lowest BCUT2D eigenvalue weighted by Gasteiger charge is -2.26. The smallest absolute Gasteiger partial charge is 0.283 e. The summed E-state index contributed by atoms with van der Waals surface area (Å²) in [6.07, 6.45) is 0.